The SMILES string of the molecule is CC1(N)CCC(C(F)(F)F)CC1. The Morgan fingerprint density at radius 1 is 1.25 bits per heavy atom. The van der Waals surface area contributed by atoms with Gasteiger partial charge in [0.2, 0.25) is 0 Å². The molecule has 0 radical (unpaired) electrons. The molecule has 0 unspecified atom stereocenters. The molecule has 0 aromatic carbocycles. The van der Waals surface area contributed by atoms with E-state index in [1.54, 1.807) is 0 Å². The molecule has 0 aromatic heterocycles. The molecule has 0 spiro atoms. The van der Waals surface area contributed by atoms with Crippen molar-refractivity contribution in [2.75, 3.05) is 0 Å². The van der Waals surface area contributed by atoms with Gasteiger partial charge in [0.1, 0.15) is 0 Å². The van der Waals surface area contributed by atoms with Crippen molar-refractivity contribution in [3.8, 4) is 0 Å². The Labute approximate surface area is 70.1 Å². The van der Waals surface area contributed by atoms with E-state index in [1.165, 1.54) is 0 Å². The topological polar surface area (TPSA) is 26.0 Å². The zero-order chi connectivity index (χ0) is 9.41. The van der Waals surface area contributed by atoms with Gasteiger partial charge in [-0.2, -0.15) is 13.2 Å². The van der Waals surface area contributed by atoms with Crippen LogP contribution in [0.4, 0.5) is 13.2 Å². The van der Waals surface area contributed by atoms with Crippen LogP contribution in [0, 0.1) is 5.92 Å². The third-order valence-electron chi connectivity index (χ3n) is 2.59. The second-order valence-corrected chi connectivity index (χ2v) is 3.97. The maximum Gasteiger partial charge on any atom is 0.391 e. The molecule has 0 aromatic rings. The molecule has 12 heavy (non-hydrogen) atoms. The summed E-state index contributed by atoms with van der Waals surface area (Å²) in [6.07, 6.45) is -2.67. The molecule has 0 amide bonds. The number of hydrogen-bond acceptors (Lipinski definition) is 1. The van der Waals surface area contributed by atoms with Gasteiger partial charge in [0.05, 0.1) is 5.92 Å². The van der Waals surface area contributed by atoms with Gasteiger partial charge < -0.3 is 5.73 Å². The number of alkyl halides is 3. The lowest BCUT2D eigenvalue weighted by Gasteiger charge is -2.34. The highest BCUT2D eigenvalue weighted by molar-refractivity contribution is 4.87. The number of nitrogens with two attached hydrogens (primary N) is 1. The van der Waals surface area contributed by atoms with Crippen LogP contribution in [0.2, 0.25) is 0 Å². The fraction of sp³-hybridized carbons (Fsp3) is 1.00. The molecule has 1 nitrogen and oxygen atoms in total. The third-order valence-corrected chi connectivity index (χ3v) is 2.59. The fourth-order valence-corrected chi connectivity index (χ4v) is 1.60. The molecule has 1 saturated carbocycles. The van der Waals surface area contributed by atoms with Gasteiger partial charge in [0, 0.05) is 5.54 Å². The minimum atomic E-state index is -4.02. The van der Waals surface area contributed by atoms with Crippen molar-refractivity contribution in [2.45, 2.75) is 44.3 Å². The van der Waals surface area contributed by atoms with Crippen LogP contribution in [0.15, 0.2) is 0 Å². The Hall–Kier alpha value is -0.250. The molecule has 0 bridgehead atoms. The molecule has 0 aliphatic heterocycles. The van der Waals surface area contributed by atoms with Crippen molar-refractivity contribution in [3.63, 3.8) is 0 Å². The van der Waals surface area contributed by atoms with Crippen LogP contribution in [-0.2, 0) is 0 Å². The van der Waals surface area contributed by atoms with E-state index in [0.29, 0.717) is 12.8 Å². The summed E-state index contributed by atoms with van der Waals surface area (Å²) >= 11 is 0. The Morgan fingerprint density at radius 2 is 1.67 bits per heavy atom. The molecule has 0 heterocycles. The predicted molar refractivity (Wildman–Crippen MR) is 40.6 cm³/mol. The van der Waals surface area contributed by atoms with Crippen LogP contribution in [-0.4, -0.2) is 11.7 Å². The van der Waals surface area contributed by atoms with Crippen molar-refractivity contribution in [2.24, 2.45) is 11.7 Å². The van der Waals surface area contributed by atoms with Crippen LogP contribution in [0.5, 0.6) is 0 Å². The molecule has 1 aliphatic carbocycles. The number of hydrogen-bond donors (Lipinski definition) is 1. The first kappa shape index (κ1) is 9.84. The lowest BCUT2D eigenvalue weighted by Crippen LogP contribution is -2.42. The van der Waals surface area contributed by atoms with Gasteiger partial charge in [-0.15, -0.1) is 0 Å². The van der Waals surface area contributed by atoms with Gasteiger partial charge in [-0.1, -0.05) is 0 Å². The van der Waals surface area contributed by atoms with Crippen LogP contribution in [0.3, 0.4) is 0 Å². The zero-order valence-corrected chi connectivity index (χ0v) is 7.12. The summed E-state index contributed by atoms with van der Waals surface area (Å²) in [5.74, 6) is -1.12. The van der Waals surface area contributed by atoms with Gasteiger partial charge in [-0.05, 0) is 32.6 Å². The van der Waals surface area contributed by atoms with Crippen molar-refractivity contribution >= 4 is 0 Å². The Morgan fingerprint density at radius 3 is 2.00 bits per heavy atom. The van der Waals surface area contributed by atoms with E-state index in [4.69, 9.17) is 5.73 Å². The average molecular weight is 181 g/mol. The minimum Gasteiger partial charge on any atom is -0.325 e. The second kappa shape index (κ2) is 2.91. The van der Waals surface area contributed by atoms with Crippen LogP contribution >= 0.6 is 0 Å². The molecular formula is C8H14F3N. The summed E-state index contributed by atoms with van der Waals surface area (Å²) < 4.78 is 36.5. The maximum atomic E-state index is 12.2. The van der Waals surface area contributed by atoms with E-state index in [2.05, 4.69) is 0 Å². The van der Waals surface area contributed by atoms with Crippen LogP contribution in [0.1, 0.15) is 32.6 Å². The number of rotatable bonds is 0. The highest BCUT2D eigenvalue weighted by atomic mass is 19.4. The normalized spacial score (nSPS) is 38.2. The molecule has 2 N–H and O–H groups in total. The third kappa shape index (κ3) is 2.37. The predicted octanol–water partition coefficient (Wildman–Crippen LogP) is 2.46. The molecule has 1 rings (SSSR count). The summed E-state index contributed by atoms with van der Waals surface area (Å²) in [7, 11) is 0. The Kier molecular flexibility index (Phi) is 2.38. The zero-order valence-electron chi connectivity index (χ0n) is 7.12. The molecular weight excluding hydrogens is 167 g/mol. The molecule has 1 fully saturated rings. The largest absolute Gasteiger partial charge is 0.391 e. The van der Waals surface area contributed by atoms with Crippen molar-refractivity contribution < 1.29 is 13.2 Å². The van der Waals surface area contributed by atoms with Crippen molar-refractivity contribution in [3.05, 3.63) is 0 Å². The van der Waals surface area contributed by atoms with Gasteiger partial charge in [-0.25, -0.2) is 0 Å². The lowest BCUT2D eigenvalue weighted by atomic mass is 9.78. The first-order valence-corrected chi connectivity index (χ1v) is 4.17. The first-order chi connectivity index (χ1) is 5.31. The smallest absolute Gasteiger partial charge is 0.325 e. The Balaban J connectivity index is 2.47. The standard InChI is InChI=1S/C8H14F3N/c1-7(12)4-2-6(3-5-7)8(9,10)11/h6H,2-5,12H2,1H3. The van der Waals surface area contributed by atoms with E-state index >= 15 is 0 Å². The molecule has 4 heteroatoms. The van der Waals surface area contributed by atoms with E-state index in [-0.39, 0.29) is 18.4 Å². The van der Waals surface area contributed by atoms with Crippen LogP contribution < -0.4 is 5.73 Å². The highest BCUT2D eigenvalue weighted by Crippen LogP contribution is 2.39. The summed E-state index contributed by atoms with van der Waals surface area (Å²) in [4.78, 5) is 0. The van der Waals surface area contributed by atoms with Crippen molar-refractivity contribution in [1.82, 2.24) is 0 Å². The van der Waals surface area contributed by atoms with Crippen molar-refractivity contribution in [1.29, 1.82) is 0 Å². The summed E-state index contributed by atoms with van der Waals surface area (Å²) in [6.45, 7) is 1.82. The number of halogens is 3. The maximum absolute atomic E-state index is 12.2. The van der Waals surface area contributed by atoms with Gasteiger partial charge >= 0.3 is 6.18 Å². The molecule has 0 saturated heterocycles. The molecule has 1 aliphatic rings. The van der Waals surface area contributed by atoms with E-state index in [1.807, 2.05) is 6.92 Å². The lowest BCUT2D eigenvalue weighted by molar-refractivity contribution is -0.184. The molecule has 0 atom stereocenters. The molecule has 72 valence electrons. The quantitative estimate of drug-likeness (QED) is 0.610. The van der Waals surface area contributed by atoms with E-state index in [0.717, 1.165) is 0 Å². The summed E-state index contributed by atoms with van der Waals surface area (Å²) in [6, 6.07) is 0. The first-order valence-electron chi connectivity index (χ1n) is 4.17. The fourth-order valence-electron chi connectivity index (χ4n) is 1.60. The monoisotopic (exact) mass is 181 g/mol. The van der Waals surface area contributed by atoms with Gasteiger partial charge in [-0.3, -0.25) is 0 Å². The highest BCUT2D eigenvalue weighted by Gasteiger charge is 2.43. The van der Waals surface area contributed by atoms with Gasteiger partial charge in [0.25, 0.3) is 0 Å². The average Bonchev–Trinajstić information content (AvgIpc) is 1.83. The van der Waals surface area contributed by atoms with E-state index < -0.39 is 12.1 Å². The Bertz CT molecular complexity index is 152. The van der Waals surface area contributed by atoms with E-state index in [9.17, 15) is 13.2 Å². The summed E-state index contributed by atoms with van der Waals surface area (Å²) in [5, 5.41) is 0. The van der Waals surface area contributed by atoms with Gasteiger partial charge in [0.15, 0.2) is 0 Å². The summed E-state index contributed by atoms with van der Waals surface area (Å²) in [5.41, 5.74) is 5.34. The second-order valence-electron chi connectivity index (χ2n) is 3.97. The van der Waals surface area contributed by atoms with Crippen LogP contribution in [0.25, 0.3) is 0 Å². The minimum absolute atomic E-state index is 0.191.